The molecule has 0 amide bonds. The van der Waals surface area contributed by atoms with Crippen LogP contribution in [-0.2, 0) is 14.6 Å². The van der Waals surface area contributed by atoms with Crippen LogP contribution >= 0.6 is 15.9 Å². The van der Waals surface area contributed by atoms with Gasteiger partial charge in [-0.25, -0.2) is 12.8 Å². The largest absolute Gasteiger partial charge is 0.419 e. The number of halogens is 2. The van der Waals surface area contributed by atoms with Gasteiger partial charge in [0.25, 0.3) is 0 Å². The Balaban J connectivity index is 1.87. The zero-order valence-corrected chi connectivity index (χ0v) is 17.0. The minimum Gasteiger partial charge on any atom is -0.419 e. The average molecular weight is 467 g/mol. The van der Waals surface area contributed by atoms with Crippen molar-refractivity contribution in [1.29, 1.82) is 0 Å². The van der Waals surface area contributed by atoms with E-state index in [0.29, 0.717) is 31.9 Å². The molecule has 1 saturated heterocycles. The Labute approximate surface area is 170 Å². The molecule has 0 unspecified atom stereocenters. The van der Waals surface area contributed by atoms with E-state index in [1.807, 2.05) is 18.2 Å². The Morgan fingerprint density at radius 3 is 2.39 bits per heavy atom. The molecule has 1 aromatic heterocycles. The van der Waals surface area contributed by atoms with Crippen molar-refractivity contribution in [2.75, 3.05) is 31.2 Å². The van der Waals surface area contributed by atoms with Crippen molar-refractivity contribution in [3.05, 3.63) is 58.8 Å². The first-order valence-corrected chi connectivity index (χ1v) is 10.8. The van der Waals surface area contributed by atoms with E-state index in [1.54, 1.807) is 11.0 Å². The average Bonchev–Trinajstić information content (AvgIpc) is 3.15. The van der Waals surface area contributed by atoms with Crippen molar-refractivity contribution in [1.82, 2.24) is 4.98 Å². The molecular weight excluding hydrogens is 451 g/mol. The van der Waals surface area contributed by atoms with E-state index in [-0.39, 0.29) is 21.7 Å². The number of morpholine rings is 1. The van der Waals surface area contributed by atoms with Gasteiger partial charge in [0.1, 0.15) is 5.82 Å². The van der Waals surface area contributed by atoms with Crippen LogP contribution in [0.4, 0.5) is 10.3 Å². The highest BCUT2D eigenvalue weighted by atomic mass is 79.9. The topological polar surface area (TPSA) is 72.6 Å². The molecule has 4 rings (SSSR count). The van der Waals surface area contributed by atoms with Gasteiger partial charge in [-0.1, -0.05) is 12.1 Å². The lowest BCUT2D eigenvalue weighted by atomic mass is 10.2. The minimum absolute atomic E-state index is 0.0459. The van der Waals surface area contributed by atoms with Crippen LogP contribution in [-0.4, -0.2) is 39.7 Å². The molecule has 3 aromatic rings. The Hall–Kier alpha value is -2.23. The summed E-state index contributed by atoms with van der Waals surface area (Å²) in [5.41, 5.74) is 0.637. The van der Waals surface area contributed by atoms with Gasteiger partial charge in [-0.2, -0.15) is 4.98 Å². The lowest BCUT2D eigenvalue weighted by molar-refractivity contribution is 0.120. The van der Waals surface area contributed by atoms with E-state index < -0.39 is 15.7 Å². The van der Waals surface area contributed by atoms with Gasteiger partial charge >= 0.3 is 0 Å². The number of ether oxygens (including phenoxy) is 1. The second-order valence-electron chi connectivity index (χ2n) is 6.17. The third kappa shape index (κ3) is 3.57. The first-order valence-electron chi connectivity index (χ1n) is 8.56. The Morgan fingerprint density at radius 1 is 1.04 bits per heavy atom. The lowest BCUT2D eigenvalue weighted by Gasteiger charge is -2.26. The Morgan fingerprint density at radius 2 is 1.71 bits per heavy atom. The van der Waals surface area contributed by atoms with Crippen molar-refractivity contribution < 1.29 is 22.0 Å². The van der Waals surface area contributed by atoms with Gasteiger partial charge in [0.2, 0.25) is 26.6 Å². The number of hydrogen-bond donors (Lipinski definition) is 0. The predicted octanol–water partition coefficient (Wildman–Crippen LogP) is 3.91. The van der Waals surface area contributed by atoms with E-state index in [1.165, 1.54) is 12.1 Å². The number of rotatable bonds is 4. The fraction of sp³-hybridized carbons (Fsp3) is 0.211. The third-order valence-electron chi connectivity index (χ3n) is 4.36. The molecule has 1 aliphatic rings. The molecule has 1 fully saturated rings. The standard InChI is InChI=1S/C19H16BrFN2O4S/c20-16-4-2-1-3-15(16)17-22-18(19(27-17)23-9-11-26-12-10-23)28(24,25)14-7-5-13(21)6-8-14/h1-8H,9-12H2. The number of nitrogens with zero attached hydrogens (tertiary/aromatic N) is 2. The first kappa shape index (κ1) is 19.1. The minimum atomic E-state index is -4.01. The predicted molar refractivity (Wildman–Crippen MR) is 105 cm³/mol. The molecule has 0 radical (unpaired) electrons. The van der Waals surface area contributed by atoms with Crippen LogP contribution in [0.1, 0.15) is 0 Å². The van der Waals surface area contributed by atoms with Gasteiger partial charge in [-0.15, -0.1) is 0 Å². The van der Waals surface area contributed by atoms with Crippen LogP contribution < -0.4 is 4.90 Å². The molecule has 0 N–H and O–H groups in total. The third-order valence-corrected chi connectivity index (χ3v) is 6.72. The van der Waals surface area contributed by atoms with E-state index in [9.17, 15) is 12.8 Å². The summed E-state index contributed by atoms with van der Waals surface area (Å²) in [6, 6.07) is 11.9. The van der Waals surface area contributed by atoms with E-state index in [2.05, 4.69) is 20.9 Å². The lowest BCUT2D eigenvalue weighted by Crippen LogP contribution is -2.36. The smallest absolute Gasteiger partial charge is 0.236 e. The SMILES string of the molecule is O=S(=O)(c1ccc(F)cc1)c1nc(-c2ccccc2Br)oc1N1CCOCC1. The molecule has 0 atom stereocenters. The van der Waals surface area contributed by atoms with Crippen LogP contribution in [0.15, 0.2) is 67.3 Å². The van der Waals surface area contributed by atoms with Crippen molar-refractivity contribution in [3.8, 4) is 11.5 Å². The number of sulfone groups is 1. The summed E-state index contributed by atoms with van der Waals surface area (Å²) in [5, 5.41) is -0.188. The normalized spacial score (nSPS) is 15.0. The Kier molecular flexibility index (Phi) is 5.22. The first-order chi connectivity index (χ1) is 13.5. The summed E-state index contributed by atoms with van der Waals surface area (Å²) < 4.78 is 51.7. The Bertz CT molecular complexity index is 1090. The van der Waals surface area contributed by atoms with E-state index in [4.69, 9.17) is 9.15 Å². The van der Waals surface area contributed by atoms with Gasteiger partial charge in [-0.3, -0.25) is 0 Å². The van der Waals surface area contributed by atoms with Crippen LogP contribution in [0.25, 0.3) is 11.5 Å². The zero-order valence-electron chi connectivity index (χ0n) is 14.6. The highest BCUT2D eigenvalue weighted by Crippen LogP contribution is 2.37. The van der Waals surface area contributed by atoms with Gasteiger partial charge in [-0.05, 0) is 52.3 Å². The highest BCUT2D eigenvalue weighted by molar-refractivity contribution is 9.10. The molecule has 2 heterocycles. The van der Waals surface area contributed by atoms with E-state index >= 15 is 0 Å². The fourth-order valence-electron chi connectivity index (χ4n) is 2.91. The monoisotopic (exact) mass is 466 g/mol. The molecule has 0 spiro atoms. The van der Waals surface area contributed by atoms with Crippen molar-refractivity contribution in [2.24, 2.45) is 0 Å². The summed E-state index contributed by atoms with van der Waals surface area (Å²) in [6.45, 7) is 1.88. The number of anilines is 1. The second-order valence-corrected chi connectivity index (χ2v) is 8.89. The molecule has 1 aliphatic heterocycles. The maximum absolute atomic E-state index is 13.3. The summed E-state index contributed by atoms with van der Waals surface area (Å²) in [5.74, 6) is -0.158. The van der Waals surface area contributed by atoms with Gasteiger partial charge in [0, 0.05) is 17.6 Å². The van der Waals surface area contributed by atoms with Gasteiger partial charge < -0.3 is 14.1 Å². The van der Waals surface area contributed by atoms with Crippen LogP contribution in [0.3, 0.4) is 0 Å². The maximum atomic E-state index is 13.3. The second kappa shape index (κ2) is 7.65. The van der Waals surface area contributed by atoms with Gasteiger partial charge in [0.05, 0.1) is 23.7 Å². The maximum Gasteiger partial charge on any atom is 0.236 e. The van der Waals surface area contributed by atoms with Crippen molar-refractivity contribution in [2.45, 2.75) is 9.92 Å². The molecule has 0 aliphatic carbocycles. The molecule has 9 heteroatoms. The molecule has 28 heavy (non-hydrogen) atoms. The van der Waals surface area contributed by atoms with Crippen LogP contribution in [0, 0.1) is 5.82 Å². The summed E-state index contributed by atoms with van der Waals surface area (Å²) >= 11 is 3.44. The molecular formula is C19H16BrFN2O4S. The molecule has 6 nitrogen and oxygen atoms in total. The summed E-state index contributed by atoms with van der Waals surface area (Å²) in [6.07, 6.45) is 0. The summed E-state index contributed by atoms with van der Waals surface area (Å²) in [4.78, 5) is 6.08. The van der Waals surface area contributed by atoms with E-state index in [0.717, 1.165) is 16.6 Å². The van der Waals surface area contributed by atoms with Crippen molar-refractivity contribution in [3.63, 3.8) is 0 Å². The fourth-order valence-corrected chi connectivity index (χ4v) is 4.69. The van der Waals surface area contributed by atoms with Crippen LogP contribution in [0.5, 0.6) is 0 Å². The zero-order chi connectivity index (χ0) is 19.7. The highest BCUT2D eigenvalue weighted by Gasteiger charge is 2.32. The number of oxazole rings is 1. The van der Waals surface area contributed by atoms with Gasteiger partial charge in [0.15, 0.2) is 0 Å². The number of aromatic nitrogens is 1. The molecule has 2 aromatic carbocycles. The van der Waals surface area contributed by atoms with Crippen molar-refractivity contribution >= 4 is 31.7 Å². The molecule has 0 saturated carbocycles. The molecule has 0 bridgehead atoms. The quantitative estimate of drug-likeness (QED) is 0.542. The number of hydrogen-bond acceptors (Lipinski definition) is 6. The molecule has 146 valence electrons. The number of benzene rings is 2. The summed E-state index contributed by atoms with van der Waals surface area (Å²) in [7, 11) is -4.01. The van der Waals surface area contributed by atoms with Crippen LogP contribution in [0.2, 0.25) is 0 Å².